The predicted octanol–water partition coefficient (Wildman–Crippen LogP) is 0.930. The molecular formula is C15H23N2O2+. The van der Waals surface area contributed by atoms with Gasteiger partial charge in [-0.1, -0.05) is 19.1 Å². The van der Waals surface area contributed by atoms with Gasteiger partial charge in [-0.3, -0.25) is 4.79 Å². The van der Waals surface area contributed by atoms with E-state index < -0.39 is 0 Å². The number of nitrogens with two attached hydrogens (primary N) is 1. The minimum Gasteiger partial charge on any atom is -0.372 e. The van der Waals surface area contributed by atoms with Gasteiger partial charge in [0.15, 0.2) is 6.54 Å². The van der Waals surface area contributed by atoms with E-state index >= 15 is 0 Å². The van der Waals surface area contributed by atoms with E-state index in [0.717, 1.165) is 38.1 Å². The first kappa shape index (κ1) is 14.0. The molecule has 0 saturated carbocycles. The maximum atomic E-state index is 11.8. The third-order valence-electron chi connectivity index (χ3n) is 3.43. The summed E-state index contributed by atoms with van der Waals surface area (Å²) >= 11 is 0. The lowest BCUT2D eigenvalue weighted by molar-refractivity contribution is -0.649. The van der Waals surface area contributed by atoms with Gasteiger partial charge in [0.05, 0.1) is 0 Å². The monoisotopic (exact) mass is 263 g/mol. The summed E-state index contributed by atoms with van der Waals surface area (Å²) in [4.78, 5) is 11.8. The second kappa shape index (κ2) is 7.26. The van der Waals surface area contributed by atoms with Crippen molar-refractivity contribution < 1.29 is 14.8 Å². The topological polar surface area (TPSA) is 54.9 Å². The summed E-state index contributed by atoms with van der Waals surface area (Å²) < 4.78 is 5.52. The molecule has 19 heavy (non-hydrogen) atoms. The zero-order valence-corrected chi connectivity index (χ0v) is 11.5. The highest BCUT2D eigenvalue weighted by molar-refractivity contribution is 5.91. The average Bonchev–Trinajstić information content (AvgIpc) is 2.93. The SMILES string of the molecule is CCc1ccc(NC(=O)C[NH2+]CC2CCCO2)cc1. The lowest BCUT2D eigenvalue weighted by Crippen LogP contribution is -2.88. The molecule has 0 spiro atoms. The molecule has 2 rings (SSSR count). The van der Waals surface area contributed by atoms with Crippen molar-refractivity contribution in [3.05, 3.63) is 29.8 Å². The smallest absolute Gasteiger partial charge is 0.279 e. The summed E-state index contributed by atoms with van der Waals surface area (Å²) in [7, 11) is 0. The summed E-state index contributed by atoms with van der Waals surface area (Å²) in [5.41, 5.74) is 2.15. The molecule has 1 aliphatic heterocycles. The lowest BCUT2D eigenvalue weighted by Gasteiger charge is -2.08. The zero-order chi connectivity index (χ0) is 13.5. The lowest BCUT2D eigenvalue weighted by atomic mass is 10.1. The molecule has 1 fully saturated rings. The van der Waals surface area contributed by atoms with E-state index in [1.807, 2.05) is 29.6 Å². The van der Waals surface area contributed by atoms with Gasteiger partial charge in [0.25, 0.3) is 5.91 Å². The molecule has 4 nitrogen and oxygen atoms in total. The summed E-state index contributed by atoms with van der Waals surface area (Å²) in [5, 5.41) is 4.93. The van der Waals surface area contributed by atoms with E-state index in [1.54, 1.807) is 0 Å². The predicted molar refractivity (Wildman–Crippen MR) is 75.1 cm³/mol. The molecule has 1 amide bonds. The van der Waals surface area contributed by atoms with E-state index in [9.17, 15) is 4.79 Å². The Hall–Kier alpha value is -1.39. The Morgan fingerprint density at radius 1 is 1.42 bits per heavy atom. The van der Waals surface area contributed by atoms with Crippen LogP contribution in [0.3, 0.4) is 0 Å². The number of rotatable bonds is 6. The number of aryl methyl sites for hydroxylation is 1. The van der Waals surface area contributed by atoms with Gasteiger partial charge in [-0.15, -0.1) is 0 Å². The molecule has 1 unspecified atom stereocenters. The molecule has 104 valence electrons. The Morgan fingerprint density at radius 2 is 2.21 bits per heavy atom. The van der Waals surface area contributed by atoms with E-state index in [1.165, 1.54) is 5.56 Å². The fraction of sp³-hybridized carbons (Fsp3) is 0.533. The number of amides is 1. The largest absolute Gasteiger partial charge is 0.372 e. The molecule has 1 atom stereocenters. The highest BCUT2D eigenvalue weighted by Crippen LogP contribution is 2.10. The molecule has 1 saturated heterocycles. The van der Waals surface area contributed by atoms with Crippen molar-refractivity contribution in [1.29, 1.82) is 0 Å². The van der Waals surface area contributed by atoms with Gasteiger partial charge < -0.3 is 15.4 Å². The van der Waals surface area contributed by atoms with Crippen LogP contribution in [0.1, 0.15) is 25.3 Å². The highest BCUT2D eigenvalue weighted by Gasteiger charge is 2.17. The zero-order valence-electron chi connectivity index (χ0n) is 11.5. The number of benzene rings is 1. The molecule has 0 aromatic heterocycles. The maximum absolute atomic E-state index is 11.8. The fourth-order valence-corrected chi connectivity index (χ4v) is 2.27. The van der Waals surface area contributed by atoms with Crippen LogP contribution in [0.15, 0.2) is 24.3 Å². The van der Waals surface area contributed by atoms with Crippen molar-refractivity contribution in [3.8, 4) is 0 Å². The van der Waals surface area contributed by atoms with E-state index in [4.69, 9.17) is 4.74 Å². The number of nitrogens with one attached hydrogen (secondary N) is 1. The van der Waals surface area contributed by atoms with Gasteiger partial charge in [0, 0.05) is 12.3 Å². The third kappa shape index (κ3) is 4.65. The summed E-state index contributed by atoms with van der Waals surface area (Å²) in [6.07, 6.45) is 3.62. The summed E-state index contributed by atoms with van der Waals surface area (Å²) in [6.45, 7) is 4.32. The number of hydrogen-bond donors (Lipinski definition) is 2. The van der Waals surface area contributed by atoms with Crippen molar-refractivity contribution in [2.75, 3.05) is 25.0 Å². The molecule has 1 aromatic rings. The minimum atomic E-state index is 0.0437. The third-order valence-corrected chi connectivity index (χ3v) is 3.43. The number of anilines is 1. The highest BCUT2D eigenvalue weighted by atomic mass is 16.5. The quantitative estimate of drug-likeness (QED) is 0.802. The van der Waals surface area contributed by atoms with Crippen molar-refractivity contribution in [1.82, 2.24) is 0 Å². The first-order chi connectivity index (χ1) is 9.28. The molecular weight excluding hydrogens is 240 g/mol. The van der Waals surface area contributed by atoms with E-state index in [-0.39, 0.29) is 5.91 Å². The molecule has 0 bridgehead atoms. The Kier molecular flexibility index (Phi) is 5.36. The molecule has 1 aromatic carbocycles. The van der Waals surface area contributed by atoms with Crippen molar-refractivity contribution in [3.63, 3.8) is 0 Å². The molecule has 1 heterocycles. The first-order valence-electron chi connectivity index (χ1n) is 7.10. The summed E-state index contributed by atoms with van der Waals surface area (Å²) in [5.74, 6) is 0.0437. The molecule has 1 aliphatic rings. The van der Waals surface area contributed by atoms with Gasteiger partial charge >= 0.3 is 0 Å². The number of ether oxygens (including phenoxy) is 1. The van der Waals surface area contributed by atoms with Crippen LogP contribution in [0, 0.1) is 0 Å². The van der Waals surface area contributed by atoms with Crippen LogP contribution < -0.4 is 10.6 Å². The van der Waals surface area contributed by atoms with Crippen molar-refractivity contribution in [2.45, 2.75) is 32.3 Å². The fourth-order valence-electron chi connectivity index (χ4n) is 2.27. The molecule has 0 aliphatic carbocycles. The number of quaternary nitrogens is 1. The van der Waals surface area contributed by atoms with Crippen LogP contribution in [0.4, 0.5) is 5.69 Å². The van der Waals surface area contributed by atoms with Crippen LogP contribution >= 0.6 is 0 Å². The van der Waals surface area contributed by atoms with Crippen molar-refractivity contribution >= 4 is 11.6 Å². The number of carbonyl (C=O) groups excluding carboxylic acids is 1. The second-order valence-electron chi connectivity index (χ2n) is 4.96. The van der Waals surface area contributed by atoms with Crippen LogP contribution in [0.25, 0.3) is 0 Å². The van der Waals surface area contributed by atoms with E-state index in [2.05, 4.69) is 12.2 Å². The number of carbonyl (C=O) groups is 1. The Morgan fingerprint density at radius 3 is 2.84 bits per heavy atom. The van der Waals surface area contributed by atoms with E-state index in [0.29, 0.717) is 12.6 Å². The molecule has 3 N–H and O–H groups in total. The van der Waals surface area contributed by atoms with Crippen LogP contribution in [0.2, 0.25) is 0 Å². The van der Waals surface area contributed by atoms with Gasteiger partial charge in [0.1, 0.15) is 12.6 Å². The molecule has 4 heteroatoms. The normalized spacial score (nSPS) is 18.5. The van der Waals surface area contributed by atoms with Gasteiger partial charge in [-0.05, 0) is 37.0 Å². The summed E-state index contributed by atoms with van der Waals surface area (Å²) in [6, 6.07) is 8.00. The van der Waals surface area contributed by atoms with Gasteiger partial charge in [-0.25, -0.2) is 0 Å². The first-order valence-corrected chi connectivity index (χ1v) is 7.10. The number of hydrogen-bond acceptors (Lipinski definition) is 2. The standard InChI is InChI=1S/C15H22N2O2/c1-2-12-5-7-13(8-6-12)17-15(18)11-16-10-14-4-3-9-19-14/h5-8,14,16H,2-4,9-11H2,1H3,(H,17,18)/p+1. The van der Waals surface area contributed by atoms with Crippen LogP contribution in [-0.2, 0) is 16.0 Å². The Balaban J connectivity index is 1.68. The van der Waals surface area contributed by atoms with Crippen LogP contribution in [0.5, 0.6) is 0 Å². The van der Waals surface area contributed by atoms with Crippen molar-refractivity contribution in [2.24, 2.45) is 0 Å². The Bertz CT molecular complexity index is 397. The molecule has 0 radical (unpaired) electrons. The van der Waals surface area contributed by atoms with Gasteiger partial charge in [0.2, 0.25) is 0 Å². The van der Waals surface area contributed by atoms with Crippen LogP contribution in [-0.4, -0.2) is 31.7 Å². The second-order valence-corrected chi connectivity index (χ2v) is 4.96. The maximum Gasteiger partial charge on any atom is 0.279 e. The average molecular weight is 263 g/mol. The van der Waals surface area contributed by atoms with Gasteiger partial charge in [-0.2, -0.15) is 0 Å². The minimum absolute atomic E-state index is 0.0437. The Labute approximate surface area is 114 Å².